The number of rotatable bonds is 7. The van der Waals surface area contributed by atoms with Crippen LogP contribution in [0.3, 0.4) is 0 Å². The second kappa shape index (κ2) is 7.79. The fraction of sp³-hybridized carbons (Fsp3) is 0.333. The minimum absolute atomic E-state index is 0.0999. The lowest BCUT2D eigenvalue weighted by Crippen LogP contribution is -2.20. The molecule has 0 aromatic heterocycles. The molecular formula is C18H24N2O3S. The Labute approximate surface area is 144 Å². The molecule has 130 valence electrons. The average Bonchev–Trinajstić information content (AvgIpc) is 2.59. The lowest BCUT2D eigenvalue weighted by Gasteiger charge is -2.16. The minimum Gasteiger partial charge on any atom is -0.497 e. The molecule has 0 aliphatic heterocycles. The summed E-state index contributed by atoms with van der Waals surface area (Å²) in [6.07, 6.45) is 0. The van der Waals surface area contributed by atoms with Crippen molar-refractivity contribution >= 4 is 10.0 Å². The number of nitrogens with one attached hydrogen (secondary N) is 2. The summed E-state index contributed by atoms with van der Waals surface area (Å²) in [6.45, 7) is 4.79. The van der Waals surface area contributed by atoms with Gasteiger partial charge < -0.3 is 10.1 Å². The number of methoxy groups -OCH3 is 1. The van der Waals surface area contributed by atoms with Crippen molar-refractivity contribution in [1.29, 1.82) is 0 Å². The van der Waals surface area contributed by atoms with Gasteiger partial charge in [-0.05, 0) is 61.9 Å². The van der Waals surface area contributed by atoms with Crippen LogP contribution in [0.15, 0.2) is 47.4 Å². The molecular weight excluding hydrogens is 324 g/mol. The summed E-state index contributed by atoms with van der Waals surface area (Å²) in [5.74, 6) is 0.848. The van der Waals surface area contributed by atoms with Crippen LogP contribution in [0.1, 0.15) is 29.7 Å². The van der Waals surface area contributed by atoms with Crippen LogP contribution in [-0.2, 0) is 16.6 Å². The summed E-state index contributed by atoms with van der Waals surface area (Å²) in [5.41, 5.74) is 3.33. The Bertz CT molecular complexity index is 786. The monoisotopic (exact) mass is 348 g/mol. The normalized spacial score (nSPS) is 12.8. The second-order valence-electron chi connectivity index (χ2n) is 5.74. The molecule has 2 aromatic carbocycles. The van der Waals surface area contributed by atoms with Gasteiger partial charge in [-0.25, -0.2) is 13.1 Å². The van der Waals surface area contributed by atoms with Gasteiger partial charge >= 0.3 is 0 Å². The highest BCUT2D eigenvalue weighted by Gasteiger charge is 2.12. The highest BCUT2D eigenvalue weighted by Crippen LogP contribution is 2.19. The van der Waals surface area contributed by atoms with E-state index in [4.69, 9.17) is 4.74 Å². The molecule has 5 nitrogen and oxygen atoms in total. The number of ether oxygens (including phenoxy) is 1. The molecule has 0 fully saturated rings. The predicted octanol–water partition coefficient (Wildman–Crippen LogP) is 2.76. The summed E-state index contributed by atoms with van der Waals surface area (Å²) in [7, 11) is -0.324. The Morgan fingerprint density at radius 3 is 2.38 bits per heavy atom. The maximum atomic E-state index is 11.7. The molecule has 2 aromatic rings. The average molecular weight is 348 g/mol. The van der Waals surface area contributed by atoms with Crippen molar-refractivity contribution in [3.63, 3.8) is 0 Å². The zero-order valence-electron chi connectivity index (χ0n) is 14.5. The molecule has 24 heavy (non-hydrogen) atoms. The van der Waals surface area contributed by atoms with Crippen molar-refractivity contribution in [2.24, 2.45) is 0 Å². The van der Waals surface area contributed by atoms with E-state index in [1.165, 1.54) is 7.05 Å². The standard InChI is InChI=1S/C18H24N2O3S/c1-13-9-15(11-17(10-13)23-4)12-20-14(2)16-5-7-18(8-6-16)24(21,22)19-3/h5-11,14,19-20H,12H2,1-4H3. The van der Waals surface area contributed by atoms with Crippen LogP contribution in [0, 0.1) is 6.92 Å². The fourth-order valence-corrected chi connectivity index (χ4v) is 3.22. The van der Waals surface area contributed by atoms with E-state index in [2.05, 4.69) is 23.0 Å². The topological polar surface area (TPSA) is 67.4 Å². The zero-order valence-corrected chi connectivity index (χ0v) is 15.3. The zero-order chi connectivity index (χ0) is 17.7. The first-order valence-corrected chi connectivity index (χ1v) is 9.25. The Morgan fingerprint density at radius 2 is 1.79 bits per heavy atom. The minimum atomic E-state index is -3.39. The van der Waals surface area contributed by atoms with Gasteiger partial charge in [-0.2, -0.15) is 0 Å². The Morgan fingerprint density at radius 1 is 1.12 bits per heavy atom. The fourth-order valence-electron chi connectivity index (χ4n) is 2.49. The van der Waals surface area contributed by atoms with E-state index in [1.54, 1.807) is 19.2 Å². The molecule has 0 aliphatic carbocycles. The van der Waals surface area contributed by atoms with Crippen molar-refractivity contribution in [3.05, 3.63) is 59.2 Å². The lowest BCUT2D eigenvalue weighted by atomic mass is 10.1. The first-order chi connectivity index (χ1) is 11.4. The molecule has 1 atom stereocenters. The molecule has 0 spiro atoms. The summed E-state index contributed by atoms with van der Waals surface area (Å²) >= 11 is 0. The van der Waals surface area contributed by atoms with E-state index >= 15 is 0 Å². The van der Waals surface area contributed by atoms with Gasteiger partial charge in [0.1, 0.15) is 5.75 Å². The van der Waals surface area contributed by atoms with E-state index < -0.39 is 10.0 Å². The highest BCUT2D eigenvalue weighted by atomic mass is 32.2. The number of hydrogen-bond acceptors (Lipinski definition) is 4. The molecule has 6 heteroatoms. The van der Waals surface area contributed by atoms with Crippen molar-refractivity contribution in [2.45, 2.75) is 31.3 Å². The highest BCUT2D eigenvalue weighted by molar-refractivity contribution is 7.89. The third kappa shape index (κ3) is 4.56. The molecule has 0 saturated heterocycles. The van der Waals surface area contributed by atoms with E-state index in [1.807, 2.05) is 31.2 Å². The number of aryl methyl sites for hydroxylation is 1. The van der Waals surface area contributed by atoms with Crippen LogP contribution in [0.2, 0.25) is 0 Å². The van der Waals surface area contributed by atoms with Crippen molar-refractivity contribution < 1.29 is 13.2 Å². The molecule has 0 heterocycles. The van der Waals surface area contributed by atoms with Crippen molar-refractivity contribution in [2.75, 3.05) is 14.2 Å². The molecule has 2 rings (SSSR count). The van der Waals surface area contributed by atoms with Gasteiger partial charge in [0.25, 0.3) is 0 Å². The first-order valence-electron chi connectivity index (χ1n) is 7.77. The first kappa shape index (κ1) is 18.4. The van der Waals surface area contributed by atoms with E-state index in [9.17, 15) is 8.42 Å². The Balaban J connectivity index is 2.05. The number of sulfonamides is 1. The molecule has 0 radical (unpaired) electrons. The van der Waals surface area contributed by atoms with Gasteiger partial charge in [0.05, 0.1) is 12.0 Å². The molecule has 0 aliphatic rings. The molecule has 0 saturated carbocycles. The van der Waals surface area contributed by atoms with Crippen LogP contribution in [-0.4, -0.2) is 22.6 Å². The summed E-state index contributed by atoms with van der Waals surface area (Å²) in [4.78, 5) is 0.268. The Hall–Kier alpha value is -1.89. The predicted molar refractivity (Wildman–Crippen MR) is 95.7 cm³/mol. The molecule has 2 N–H and O–H groups in total. The maximum Gasteiger partial charge on any atom is 0.240 e. The van der Waals surface area contributed by atoms with Gasteiger partial charge in [0, 0.05) is 12.6 Å². The molecule has 0 bridgehead atoms. The summed E-state index contributed by atoms with van der Waals surface area (Å²) in [5, 5.41) is 3.45. The lowest BCUT2D eigenvalue weighted by molar-refractivity contribution is 0.413. The van der Waals surface area contributed by atoms with Gasteiger partial charge in [-0.1, -0.05) is 18.2 Å². The van der Waals surface area contributed by atoms with E-state index in [-0.39, 0.29) is 10.9 Å². The quantitative estimate of drug-likeness (QED) is 0.807. The van der Waals surface area contributed by atoms with Crippen molar-refractivity contribution in [1.82, 2.24) is 10.0 Å². The molecule has 0 amide bonds. The van der Waals surface area contributed by atoms with Gasteiger partial charge in [0.15, 0.2) is 0 Å². The molecule has 1 unspecified atom stereocenters. The third-order valence-corrected chi connectivity index (χ3v) is 5.35. The van der Waals surface area contributed by atoms with Crippen LogP contribution in [0.4, 0.5) is 0 Å². The summed E-state index contributed by atoms with van der Waals surface area (Å²) < 4.78 is 31.1. The van der Waals surface area contributed by atoms with Gasteiger partial charge in [0.2, 0.25) is 10.0 Å². The number of benzene rings is 2. The smallest absolute Gasteiger partial charge is 0.240 e. The SMILES string of the molecule is CNS(=O)(=O)c1ccc(C(C)NCc2cc(C)cc(OC)c2)cc1. The van der Waals surface area contributed by atoms with Gasteiger partial charge in [-0.3, -0.25) is 0 Å². The van der Waals surface area contributed by atoms with Gasteiger partial charge in [-0.15, -0.1) is 0 Å². The maximum absolute atomic E-state index is 11.7. The van der Waals surface area contributed by atoms with Crippen molar-refractivity contribution in [3.8, 4) is 5.75 Å². The second-order valence-corrected chi connectivity index (χ2v) is 7.62. The van der Waals surface area contributed by atoms with E-state index in [0.29, 0.717) is 6.54 Å². The van der Waals surface area contributed by atoms with Crippen LogP contribution in [0.25, 0.3) is 0 Å². The van der Waals surface area contributed by atoms with Crippen LogP contribution in [0.5, 0.6) is 5.75 Å². The number of hydrogen-bond donors (Lipinski definition) is 2. The largest absolute Gasteiger partial charge is 0.497 e. The van der Waals surface area contributed by atoms with Crippen LogP contribution < -0.4 is 14.8 Å². The Kier molecular flexibility index (Phi) is 5.99. The third-order valence-electron chi connectivity index (χ3n) is 3.92. The summed E-state index contributed by atoms with van der Waals surface area (Å²) in [6, 6.07) is 13.1. The van der Waals surface area contributed by atoms with Crippen LogP contribution >= 0.6 is 0 Å². The van der Waals surface area contributed by atoms with E-state index in [0.717, 1.165) is 22.4 Å².